The van der Waals surface area contributed by atoms with Crippen molar-refractivity contribution in [2.24, 2.45) is 11.7 Å². The van der Waals surface area contributed by atoms with Gasteiger partial charge in [-0.3, -0.25) is 0 Å². The van der Waals surface area contributed by atoms with Crippen molar-refractivity contribution >= 4 is 6.03 Å². The highest BCUT2D eigenvalue weighted by Crippen LogP contribution is 2.36. The quantitative estimate of drug-likeness (QED) is 0.833. The maximum atomic E-state index is 12.7. The van der Waals surface area contributed by atoms with Crippen LogP contribution in [0.2, 0.25) is 0 Å². The maximum Gasteiger partial charge on any atom is 0.318 e. The van der Waals surface area contributed by atoms with E-state index in [0.29, 0.717) is 6.54 Å². The van der Waals surface area contributed by atoms with Crippen LogP contribution in [-0.4, -0.2) is 35.1 Å². The third-order valence-corrected chi connectivity index (χ3v) is 4.33. The van der Waals surface area contributed by atoms with Gasteiger partial charge in [0.05, 0.1) is 5.54 Å². The molecule has 0 atom stereocenters. The molecule has 2 amide bonds. The zero-order valence-corrected chi connectivity index (χ0v) is 14.0. The van der Waals surface area contributed by atoms with E-state index in [4.69, 9.17) is 5.73 Å². The monoisotopic (exact) mass is 283 g/mol. The lowest BCUT2D eigenvalue weighted by molar-refractivity contribution is 0.0680. The van der Waals surface area contributed by atoms with Crippen LogP contribution >= 0.6 is 0 Å². The Bertz CT molecular complexity index is 314. The van der Waals surface area contributed by atoms with Crippen molar-refractivity contribution in [3.8, 4) is 0 Å². The molecule has 0 aromatic rings. The van der Waals surface area contributed by atoms with Crippen LogP contribution in [0.1, 0.15) is 66.7 Å². The van der Waals surface area contributed by atoms with Crippen molar-refractivity contribution in [3.63, 3.8) is 0 Å². The lowest BCUT2D eigenvalue weighted by Gasteiger charge is -2.47. The minimum atomic E-state index is -0.208. The molecule has 0 aromatic carbocycles. The highest BCUT2D eigenvalue weighted by molar-refractivity contribution is 5.76. The minimum Gasteiger partial charge on any atom is -0.333 e. The molecule has 1 aliphatic rings. The van der Waals surface area contributed by atoms with Crippen LogP contribution in [0.25, 0.3) is 0 Å². The fraction of sp³-hybridized carbons (Fsp3) is 0.938. The van der Waals surface area contributed by atoms with Crippen molar-refractivity contribution in [1.82, 2.24) is 10.2 Å². The Morgan fingerprint density at radius 1 is 1.35 bits per heavy atom. The first kappa shape index (κ1) is 17.3. The average Bonchev–Trinajstić information content (AvgIpc) is 2.35. The molecule has 1 saturated carbocycles. The molecule has 20 heavy (non-hydrogen) atoms. The molecule has 0 unspecified atom stereocenters. The number of hydrogen-bond donors (Lipinski definition) is 2. The van der Waals surface area contributed by atoms with Gasteiger partial charge in [-0.05, 0) is 58.8 Å². The summed E-state index contributed by atoms with van der Waals surface area (Å²) in [5, 5.41) is 3.10. The molecule has 1 fully saturated rings. The summed E-state index contributed by atoms with van der Waals surface area (Å²) < 4.78 is 0. The van der Waals surface area contributed by atoms with E-state index in [0.717, 1.165) is 31.7 Å². The molecule has 3 N–H and O–H groups in total. The number of hydrogen-bond acceptors (Lipinski definition) is 2. The lowest BCUT2D eigenvalue weighted by atomic mass is 9.76. The molecule has 1 rings (SSSR count). The zero-order chi connectivity index (χ0) is 15.4. The number of nitrogens with two attached hydrogens (primary N) is 1. The fourth-order valence-corrected chi connectivity index (χ4v) is 3.05. The first-order valence-corrected chi connectivity index (χ1v) is 8.04. The van der Waals surface area contributed by atoms with E-state index in [9.17, 15) is 4.79 Å². The van der Waals surface area contributed by atoms with Gasteiger partial charge >= 0.3 is 6.03 Å². The highest BCUT2D eigenvalue weighted by Gasteiger charge is 2.41. The van der Waals surface area contributed by atoms with Crippen molar-refractivity contribution in [2.45, 2.75) is 77.8 Å². The van der Waals surface area contributed by atoms with E-state index in [1.54, 1.807) is 0 Å². The standard InChI is InChI=1S/C16H33N3O/c1-6-11-19(14(20)18-15(3,4)5)16(12-17)9-7-13(2)8-10-16/h13H,6-12,17H2,1-5H3,(H,18,20). The van der Waals surface area contributed by atoms with Gasteiger partial charge in [-0.1, -0.05) is 13.8 Å². The third-order valence-electron chi connectivity index (χ3n) is 4.33. The molecule has 0 aliphatic heterocycles. The summed E-state index contributed by atoms with van der Waals surface area (Å²) in [4.78, 5) is 14.7. The van der Waals surface area contributed by atoms with Crippen molar-refractivity contribution in [1.29, 1.82) is 0 Å². The average molecular weight is 283 g/mol. The van der Waals surface area contributed by atoms with E-state index >= 15 is 0 Å². The lowest BCUT2D eigenvalue weighted by Crippen LogP contribution is -2.62. The topological polar surface area (TPSA) is 58.4 Å². The van der Waals surface area contributed by atoms with Crippen LogP contribution < -0.4 is 11.1 Å². The van der Waals surface area contributed by atoms with Crippen molar-refractivity contribution < 1.29 is 4.79 Å². The van der Waals surface area contributed by atoms with Crippen LogP contribution in [-0.2, 0) is 0 Å². The summed E-state index contributed by atoms with van der Waals surface area (Å²) in [6, 6.07) is 0.0411. The van der Waals surface area contributed by atoms with Gasteiger partial charge in [0.1, 0.15) is 0 Å². The van der Waals surface area contributed by atoms with Crippen LogP contribution in [0.5, 0.6) is 0 Å². The van der Waals surface area contributed by atoms with E-state index in [1.165, 1.54) is 12.8 Å². The number of amides is 2. The predicted molar refractivity (Wildman–Crippen MR) is 84.7 cm³/mol. The Kier molecular flexibility index (Phi) is 5.87. The number of carbonyl (C=O) groups excluding carboxylic acids is 1. The molecule has 118 valence electrons. The Morgan fingerprint density at radius 2 is 1.90 bits per heavy atom. The fourth-order valence-electron chi connectivity index (χ4n) is 3.05. The summed E-state index contributed by atoms with van der Waals surface area (Å²) >= 11 is 0. The Hall–Kier alpha value is -0.770. The normalized spacial score (nSPS) is 27.2. The van der Waals surface area contributed by atoms with Crippen molar-refractivity contribution in [3.05, 3.63) is 0 Å². The van der Waals surface area contributed by atoms with E-state index in [1.807, 2.05) is 25.7 Å². The summed E-state index contributed by atoms with van der Waals surface area (Å²) in [5.74, 6) is 0.754. The second kappa shape index (κ2) is 6.79. The van der Waals surface area contributed by atoms with Gasteiger partial charge in [0.25, 0.3) is 0 Å². The molecule has 0 heterocycles. The molecule has 0 radical (unpaired) electrons. The van der Waals surface area contributed by atoms with Gasteiger partial charge in [0.2, 0.25) is 0 Å². The zero-order valence-electron chi connectivity index (χ0n) is 14.0. The molecule has 0 bridgehead atoms. The molecule has 4 nitrogen and oxygen atoms in total. The van der Waals surface area contributed by atoms with Gasteiger partial charge in [-0.25, -0.2) is 4.79 Å². The first-order chi connectivity index (χ1) is 9.24. The molecule has 4 heteroatoms. The second-order valence-corrected chi connectivity index (χ2v) is 7.44. The summed E-state index contributed by atoms with van der Waals surface area (Å²) in [6.45, 7) is 11.8. The molecular formula is C16H33N3O. The highest BCUT2D eigenvalue weighted by atomic mass is 16.2. The predicted octanol–water partition coefficient (Wildman–Crippen LogP) is 3.11. The smallest absolute Gasteiger partial charge is 0.318 e. The summed E-state index contributed by atoms with van der Waals surface area (Å²) in [5.41, 5.74) is 5.75. The van der Waals surface area contributed by atoms with Crippen LogP contribution in [0.3, 0.4) is 0 Å². The molecule has 0 saturated heterocycles. The molecule has 0 spiro atoms. The number of nitrogens with one attached hydrogen (secondary N) is 1. The number of rotatable bonds is 4. The largest absolute Gasteiger partial charge is 0.333 e. The third kappa shape index (κ3) is 4.37. The number of urea groups is 1. The molecule has 1 aliphatic carbocycles. The van der Waals surface area contributed by atoms with Gasteiger partial charge < -0.3 is 16.0 Å². The van der Waals surface area contributed by atoms with E-state index in [-0.39, 0.29) is 17.1 Å². The maximum absolute atomic E-state index is 12.7. The van der Waals surface area contributed by atoms with Crippen LogP contribution in [0.4, 0.5) is 4.79 Å². The summed E-state index contributed by atoms with van der Waals surface area (Å²) in [6.07, 6.45) is 5.36. The second-order valence-electron chi connectivity index (χ2n) is 7.44. The Balaban J connectivity index is 2.89. The van der Waals surface area contributed by atoms with Gasteiger partial charge in [-0.2, -0.15) is 0 Å². The first-order valence-electron chi connectivity index (χ1n) is 8.04. The Labute approximate surface area is 124 Å². The van der Waals surface area contributed by atoms with Crippen molar-refractivity contribution in [2.75, 3.05) is 13.1 Å². The van der Waals surface area contributed by atoms with E-state index in [2.05, 4.69) is 19.2 Å². The van der Waals surface area contributed by atoms with Gasteiger partial charge in [-0.15, -0.1) is 0 Å². The van der Waals surface area contributed by atoms with E-state index < -0.39 is 0 Å². The Morgan fingerprint density at radius 3 is 2.30 bits per heavy atom. The molecule has 0 aromatic heterocycles. The van der Waals surface area contributed by atoms with Gasteiger partial charge in [0.15, 0.2) is 0 Å². The number of nitrogens with zero attached hydrogens (tertiary/aromatic N) is 1. The number of carbonyl (C=O) groups is 1. The van der Waals surface area contributed by atoms with Crippen LogP contribution in [0, 0.1) is 5.92 Å². The SMILES string of the molecule is CCCN(C(=O)NC(C)(C)C)C1(CN)CCC(C)CC1. The van der Waals surface area contributed by atoms with Gasteiger partial charge in [0, 0.05) is 18.6 Å². The molecular weight excluding hydrogens is 250 g/mol. The minimum absolute atomic E-state index is 0.0411. The summed E-state index contributed by atoms with van der Waals surface area (Å²) in [7, 11) is 0. The van der Waals surface area contributed by atoms with Crippen LogP contribution in [0.15, 0.2) is 0 Å².